The number of hydrogen-bond donors (Lipinski definition) is 2. The molecule has 1 atom stereocenters. The lowest BCUT2D eigenvalue weighted by atomic mass is 10.1. The van der Waals surface area contributed by atoms with E-state index in [2.05, 4.69) is 5.32 Å². The number of nitrogens with zero attached hydrogens (tertiary/aromatic N) is 1. The first-order valence-corrected chi connectivity index (χ1v) is 6.47. The molecular formula is C14H17FN2O3. The third kappa shape index (κ3) is 3.54. The summed E-state index contributed by atoms with van der Waals surface area (Å²) in [6.45, 7) is 2.83. The molecule has 1 unspecified atom stereocenters. The van der Waals surface area contributed by atoms with Crippen molar-refractivity contribution in [3.63, 3.8) is 0 Å². The second-order valence-electron chi connectivity index (χ2n) is 5.01. The molecule has 1 amide bonds. The predicted octanol–water partition coefficient (Wildman–Crippen LogP) is 0.924. The Morgan fingerprint density at radius 3 is 2.95 bits per heavy atom. The number of nitrogens with one attached hydrogen (secondary N) is 1. The number of carbonyl (C=O) groups excluding carboxylic acids is 2. The molecule has 1 heterocycles. The second kappa shape index (κ2) is 6.00. The molecule has 1 aliphatic heterocycles. The van der Waals surface area contributed by atoms with Crippen molar-refractivity contribution in [3.05, 3.63) is 29.6 Å². The molecule has 2 rings (SSSR count). The molecule has 0 bridgehead atoms. The van der Waals surface area contributed by atoms with E-state index in [1.165, 1.54) is 13.0 Å². The summed E-state index contributed by atoms with van der Waals surface area (Å²) in [6.07, 6.45) is 0.780. The van der Waals surface area contributed by atoms with Crippen LogP contribution in [-0.4, -0.2) is 47.4 Å². The number of amides is 1. The number of ketones is 1. The highest BCUT2D eigenvalue weighted by atomic mass is 19.1. The normalized spacial score (nSPS) is 19.0. The van der Waals surface area contributed by atoms with Crippen molar-refractivity contribution in [2.24, 2.45) is 0 Å². The maximum absolute atomic E-state index is 13.1. The van der Waals surface area contributed by atoms with Gasteiger partial charge in [0.1, 0.15) is 11.6 Å². The van der Waals surface area contributed by atoms with Crippen LogP contribution in [-0.2, 0) is 4.79 Å². The number of hydrogen-bond acceptors (Lipinski definition) is 4. The standard InChI is InChI=1S/C14H17FN2O3/c1-9(18)16-11-4-5-17(7-11)8-14(20)12-6-10(15)2-3-13(12)19/h2-3,6,11,19H,4-5,7-8H2,1H3,(H,16,18). The maximum Gasteiger partial charge on any atom is 0.217 e. The van der Waals surface area contributed by atoms with E-state index < -0.39 is 5.82 Å². The first-order valence-electron chi connectivity index (χ1n) is 6.47. The number of phenols is 1. The Balaban J connectivity index is 1.95. The van der Waals surface area contributed by atoms with Gasteiger partial charge in [-0.1, -0.05) is 0 Å². The molecule has 5 nitrogen and oxygen atoms in total. The van der Waals surface area contributed by atoms with Crippen LogP contribution >= 0.6 is 0 Å². The van der Waals surface area contributed by atoms with Gasteiger partial charge < -0.3 is 10.4 Å². The molecule has 1 aromatic rings. The quantitative estimate of drug-likeness (QED) is 0.805. The van der Waals surface area contributed by atoms with Gasteiger partial charge in [0, 0.05) is 26.1 Å². The third-order valence-corrected chi connectivity index (χ3v) is 3.31. The van der Waals surface area contributed by atoms with Crippen molar-refractivity contribution in [2.45, 2.75) is 19.4 Å². The van der Waals surface area contributed by atoms with Crippen molar-refractivity contribution < 1.29 is 19.1 Å². The van der Waals surface area contributed by atoms with Gasteiger partial charge in [-0.15, -0.1) is 0 Å². The van der Waals surface area contributed by atoms with Crippen LogP contribution in [0.5, 0.6) is 5.75 Å². The van der Waals surface area contributed by atoms with Gasteiger partial charge in [-0.05, 0) is 24.6 Å². The van der Waals surface area contributed by atoms with Gasteiger partial charge in [-0.3, -0.25) is 14.5 Å². The largest absolute Gasteiger partial charge is 0.507 e. The highest BCUT2D eigenvalue weighted by molar-refractivity contribution is 6.00. The van der Waals surface area contributed by atoms with Crippen LogP contribution in [0.4, 0.5) is 4.39 Å². The number of halogens is 1. The molecule has 0 radical (unpaired) electrons. The number of aromatic hydroxyl groups is 1. The topological polar surface area (TPSA) is 69.6 Å². The summed E-state index contributed by atoms with van der Waals surface area (Å²) in [5.41, 5.74) is -0.00650. The van der Waals surface area contributed by atoms with E-state index in [1.807, 2.05) is 4.90 Å². The van der Waals surface area contributed by atoms with Gasteiger partial charge in [0.2, 0.25) is 5.91 Å². The average Bonchev–Trinajstić information content (AvgIpc) is 2.78. The zero-order valence-corrected chi connectivity index (χ0v) is 11.2. The second-order valence-corrected chi connectivity index (χ2v) is 5.01. The van der Waals surface area contributed by atoms with Crippen LogP contribution in [0.15, 0.2) is 18.2 Å². The van der Waals surface area contributed by atoms with Gasteiger partial charge in [-0.2, -0.15) is 0 Å². The lowest BCUT2D eigenvalue weighted by Gasteiger charge is -2.15. The Morgan fingerprint density at radius 1 is 1.50 bits per heavy atom. The Bertz CT molecular complexity index is 533. The molecule has 1 fully saturated rings. The summed E-state index contributed by atoms with van der Waals surface area (Å²) >= 11 is 0. The smallest absolute Gasteiger partial charge is 0.217 e. The van der Waals surface area contributed by atoms with Crippen LogP contribution in [0.3, 0.4) is 0 Å². The van der Waals surface area contributed by atoms with Crippen LogP contribution < -0.4 is 5.32 Å². The van der Waals surface area contributed by atoms with Crippen LogP contribution in [0.25, 0.3) is 0 Å². The summed E-state index contributed by atoms with van der Waals surface area (Å²) in [6, 6.07) is 3.36. The highest BCUT2D eigenvalue weighted by Gasteiger charge is 2.25. The fourth-order valence-electron chi connectivity index (χ4n) is 2.40. The van der Waals surface area contributed by atoms with E-state index in [1.54, 1.807) is 0 Å². The fraction of sp³-hybridized carbons (Fsp3) is 0.429. The zero-order chi connectivity index (χ0) is 14.7. The van der Waals surface area contributed by atoms with Crippen molar-refractivity contribution >= 4 is 11.7 Å². The molecule has 1 saturated heterocycles. The van der Waals surface area contributed by atoms with Crippen molar-refractivity contribution in [1.82, 2.24) is 10.2 Å². The maximum atomic E-state index is 13.1. The average molecular weight is 280 g/mol. The minimum Gasteiger partial charge on any atom is -0.507 e. The lowest BCUT2D eigenvalue weighted by Crippen LogP contribution is -2.36. The van der Waals surface area contributed by atoms with Gasteiger partial charge in [-0.25, -0.2) is 4.39 Å². The minimum atomic E-state index is -0.552. The Labute approximate surface area is 116 Å². The number of likely N-dealkylation sites (tertiary alicyclic amines) is 1. The number of rotatable bonds is 4. The highest BCUT2D eigenvalue weighted by Crippen LogP contribution is 2.19. The van der Waals surface area contributed by atoms with E-state index in [0.29, 0.717) is 13.1 Å². The predicted molar refractivity (Wildman–Crippen MR) is 71.1 cm³/mol. The molecule has 0 saturated carbocycles. The van der Waals surface area contributed by atoms with Gasteiger partial charge in [0.25, 0.3) is 0 Å². The first-order chi connectivity index (χ1) is 9.45. The minimum absolute atomic E-state index is 0.00650. The zero-order valence-electron chi connectivity index (χ0n) is 11.2. The van der Waals surface area contributed by atoms with E-state index in [4.69, 9.17) is 0 Å². The van der Waals surface area contributed by atoms with Gasteiger partial charge >= 0.3 is 0 Å². The fourth-order valence-corrected chi connectivity index (χ4v) is 2.40. The molecule has 1 aromatic carbocycles. The van der Waals surface area contributed by atoms with Crippen LogP contribution in [0.2, 0.25) is 0 Å². The van der Waals surface area contributed by atoms with Crippen LogP contribution in [0, 0.1) is 5.82 Å². The molecule has 0 aromatic heterocycles. The molecule has 1 aliphatic rings. The van der Waals surface area contributed by atoms with E-state index in [-0.39, 0.29) is 35.6 Å². The Kier molecular flexibility index (Phi) is 4.34. The van der Waals surface area contributed by atoms with E-state index in [9.17, 15) is 19.1 Å². The SMILES string of the molecule is CC(=O)NC1CCN(CC(=O)c2cc(F)ccc2O)C1. The number of Topliss-reactive ketones (excluding diaryl/α,β-unsaturated/α-hetero) is 1. The molecule has 6 heteroatoms. The lowest BCUT2D eigenvalue weighted by molar-refractivity contribution is -0.119. The first kappa shape index (κ1) is 14.5. The Morgan fingerprint density at radius 2 is 2.25 bits per heavy atom. The summed E-state index contributed by atoms with van der Waals surface area (Å²) in [5, 5.41) is 12.4. The van der Waals surface area contributed by atoms with E-state index >= 15 is 0 Å². The Hall–Kier alpha value is -1.95. The summed E-state index contributed by atoms with van der Waals surface area (Å²) in [5.74, 6) is -1.19. The molecule has 0 aliphatic carbocycles. The van der Waals surface area contributed by atoms with Crippen LogP contribution in [0.1, 0.15) is 23.7 Å². The summed E-state index contributed by atoms with van der Waals surface area (Å²) < 4.78 is 13.1. The third-order valence-electron chi connectivity index (χ3n) is 3.31. The number of phenolic OH excluding ortho intramolecular Hbond substituents is 1. The molecular weight excluding hydrogens is 263 g/mol. The number of carbonyl (C=O) groups is 2. The van der Waals surface area contributed by atoms with E-state index in [0.717, 1.165) is 18.6 Å². The van der Waals surface area contributed by atoms with Gasteiger partial charge in [0.15, 0.2) is 5.78 Å². The summed E-state index contributed by atoms with van der Waals surface area (Å²) in [4.78, 5) is 24.9. The monoisotopic (exact) mass is 280 g/mol. The molecule has 0 spiro atoms. The van der Waals surface area contributed by atoms with Crippen molar-refractivity contribution in [3.8, 4) is 5.75 Å². The van der Waals surface area contributed by atoms with Gasteiger partial charge in [0.05, 0.1) is 12.1 Å². The van der Waals surface area contributed by atoms with Crippen molar-refractivity contribution in [1.29, 1.82) is 0 Å². The molecule has 108 valence electrons. The van der Waals surface area contributed by atoms with Crippen molar-refractivity contribution in [2.75, 3.05) is 19.6 Å². The summed E-state index contributed by atoms with van der Waals surface area (Å²) in [7, 11) is 0. The number of benzene rings is 1. The molecule has 20 heavy (non-hydrogen) atoms. The molecule has 2 N–H and O–H groups in total.